The zero-order valence-corrected chi connectivity index (χ0v) is 19.4. The standard InChI is InChI=1S/C26H25N3O4S/c30-21-14-16-28-23(24(21)31)25(32)27-15-8-1-2-9-17-33-22-13-7-6-12-20(22)26(34,29(28)18-27)19-10-4-3-5-11-19/h2-7,9-14,16,31,34H,1,8,15,17-18H2/b9-2+/t26-/m0/s1. The Morgan fingerprint density at radius 2 is 1.74 bits per heavy atom. The summed E-state index contributed by atoms with van der Waals surface area (Å²) in [5.41, 5.74) is 0.946. The maximum Gasteiger partial charge on any atom is 0.277 e. The Hall–Kier alpha value is -3.65. The van der Waals surface area contributed by atoms with Gasteiger partial charge in [0.05, 0.1) is 0 Å². The van der Waals surface area contributed by atoms with Gasteiger partial charge in [-0.3, -0.25) is 19.3 Å². The number of ether oxygens (including phenoxy) is 1. The Balaban J connectivity index is 1.82. The van der Waals surface area contributed by atoms with Gasteiger partial charge in [-0.1, -0.05) is 60.7 Å². The van der Waals surface area contributed by atoms with E-state index in [0.717, 1.165) is 24.0 Å². The van der Waals surface area contributed by atoms with Gasteiger partial charge in [0.2, 0.25) is 5.43 Å². The molecular weight excluding hydrogens is 450 g/mol. The molecule has 1 amide bonds. The summed E-state index contributed by atoms with van der Waals surface area (Å²) < 4.78 is 7.70. The molecule has 1 N–H and O–H groups in total. The van der Waals surface area contributed by atoms with E-state index in [4.69, 9.17) is 17.4 Å². The molecule has 34 heavy (non-hydrogen) atoms. The number of thiol groups is 1. The monoisotopic (exact) mass is 475 g/mol. The number of carbonyl (C=O) groups is 1. The van der Waals surface area contributed by atoms with E-state index in [9.17, 15) is 14.7 Å². The largest absolute Gasteiger partial charge is 0.502 e. The quantitative estimate of drug-likeness (QED) is 0.417. The lowest BCUT2D eigenvalue weighted by molar-refractivity contribution is 0.0673. The van der Waals surface area contributed by atoms with Gasteiger partial charge in [0.25, 0.3) is 5.91 Å². The number of amides is 1. The van der Waals surface area contributed by atoms with E-state index in [2.05, 4.69) is 0 Å². The van der Waals surface area contributed by atoms with Crippen LogP contribution in [0.15, 0.2) is 83.8 Å². The molecule has 0 aliphatic carbocycles. The first-order valence-electron chi connectivity index (χ1n) is 11.2. The lowest BCUT2D eigenvalue weighted by Gasteiger charge is -2.49. The van der Waals surface area contributed by atoms with Crippen LogP contribution in [0.5, 0.6) is 11.5 Å². The number of pyridine rings is 1. The molecule has 0 saturated heterocycles. The normalized spacial score (nSPS) is 21.3. The predicted octanol–water partition coefficient (Wildman–Crippen LogP) is 3.47. The fraction of sp³-hybridized carbons (Fsp3) is 0.231. The molecule has 1 aromatic heterocycles. The van der Waals surface area contributed by atoms with Crippen molar-refractivity contribution in [2.75, 3.05) is 24.8 Å². The predicted molar refractivity (Wildman–Crippen MR) is 133 cm³/mol. The SMILES string of the molecule is O=C1c2c(O)c(=O)ccn2N2CN1CCC/C=C/COc1ccccc1[C@@]2(S)c1ccccc1. The Labute approximate surface area is 202 Å². The number of para-hydroxylation sites is 1. The van der Waals surface area contributed by atoms with E-state index < -0.39 is 22.0 Å². The number of hydrogen-bond donors (Lipinski definition) is 2. The van der Waals surface area contributed by atoms with E-state index in [-0.39, 0.29) is 12.4 Å². The van der Waals surface area contributed by atoms with Crippen LogP contribution in [0.1, 0.15) is 34.5 Å². The summed E-state index contributed by atoms with van der Waals surface area (Å²) in [5, 5.41) is 12.6. The number of fused-ring (bicyclic) bond motifs is 5. The van der Waals surface area contributed by atoms with Crippen molar-refractivity contribution in [2.45, 2.75) is 17.7 Å². The Morgan fingerprint density at radius 3 is 2.56 bits per heavy atom. The minimum Gasteiger partial charge on any atom is -0.502 e. The van der Waals surface area contributed by atoms with Gasteiger partial charge in [-0.05, 0) is 24.5 Å². The first-order chi connectivity index (χ1) is 16.5. The van der Waals surface area contributed by atoms with Crippen LogP contribution >= 0.6 is 12.6 Å². The molecule has 2 bridgehead atoms. The third-order valence-corrected chi connectivity index (χ3v) is 6.95. The highest BCUT2D eigenvalue weighted by Gasteiger charge is 2.45. The van der Waals surface area contributed by atoms with Crippen molar-refractivity contribution >= 4 is 18.5 Å². The molecule has 0 saturated carbocycles. The Bertz CT molecular complexity index is 1310. The molecule has 2 aromatic carbocycles. The molecule has 174 valence electrons. The summed E-state index contributed by atoms with van der Waals surface area (Å²) >= 11 is 5.28. The number of carbonyl (C=O) groups excluding carboxylic acids is 1. The zero-order chi connectivity index (χ0) is 23.7. The van der Waals surface area contributed by atoms with E-state index in [1.807, 2.05) is 71.8 Å². The van der Waals surface area contributed by atoms with Gasteiger partial charge >= 0.3 is 0 Å². The zero-order valence-electron chi connectivity index (χ0n) is 18.5. The molecule has 0 unspecified atom stereocenters. The van der Waals surface area contributed by atoms with Crippen molar-refractivity contribution < 1.29 is 14.6 Å². The maximum absolute atomic E-state index is 13.4. The lowest BCUT2D eigenvalue weighted by Crippen LogP contribution is -2.61. The van der Waals surface area contributed by atoms with Gasteiger partial charge < -0.3 is 14.7 Å². The second kappa shape index (κ2) is 8.95. The average molecular weight is 476 g/mol. The van der Waals surface area contributed by atoms with Crippen molar-refractivity contribution in [3.63, 3.8) is 0 Å². The van der Waals surface area contributed by atoms with E-state index in [1.54, 1.807) is 9.58 Å². The summed E-state index contributed by atoms with van der Waals surface area (Å²) in [5.74, 6) is -0.307. The van der Waals surface area contributed by atoms with Crippen LogP contribution in [-0.2, 0) is 4.87 Å². The molecule has 5 rings (SSSR count). The van der Waals surface area contributed by atoms with Gasteiger partial charge in [-0.2, -0.15) is 0 Å². The van der Waals surface area contributed by atoms with Crippen LogP contribution in [0.25, 0.3) is 0 Å². The Kier molecular flexibility index (Phi) is 5.83. The highest BCUT2D eigenvalue weighted by Crippen LogP contribution is 2.44. The van der Waals surface area contributed by atoms with E-state index in [0.29, 0.717) is 18.9 Å². The number of benzene rings is 2. The van der Waals surface area contributed by atoms with Crippen molar-refractivity contribution in [3.05, 3.63) is 106 Å². The molecule has 2 aliphatic heterocycles. The third kappa shape index (κ3) is 3.64. The minimum atomic E-state index is -1.11. The van der Waals surface area contributed by atoms with Crippen LogP contribution in [0, 0.1) is 0 Å². The van der Waals surface area contributed by atoms with Crippen LogP contribution in [0.3, 0.4) is 0 Å². The molecule has 2 aliphatic rings. The number of aromatic nitrogens is 1. The second-order valence-electron chi connectivity index (χ2n) is 8.29. The molecule has 8 heteroatoms. The molecule has 0 radical (unpaired) electrons. The second-order valence-corrected chi connectivity index (χ2v) is 8.94. The molecule has 3 heterocycles. The molecular formula is C26H25N3O4S. The Morgan fingerprint density at radius 1 is 0.971 bits per heavy atom. The van der Waals surface area contributed by atoms with Crippen LogP contribution < -0.4 is 15.2 Å². The highest BCUT2D eigenvalue weighted by molar-refractivity contribution is 7.81. The first kappa shape index (κ1) is 22.2. The summed E-state index contributed by atoms with van der Waals surface area (Å²) in [6, 6.07) is 18.6. The molecule has 0 fully saturated rings. The van der Waals surface area contributed by atoms with Gasteiger partial charge in [0, 0.05) is 24.4 Å². The summed E-state index contributed by atoms with van der Waals surface area (Å²) in [6.45, 7) is 1.07. The number of aromatic hydroxyl groups is 1. The van der Waals surface area contributed by atoms with Crippen molar-refractivity contribution in [1.29, 1.82) is 0 Å². The lowest BCUT2D eigenvalue weighted by atomic mass is 9.95. The third-order valence-electron chi connectivity index (χ3n) is 6.22. The fourth-order valence-electron chi connectivity index (χ4n) is 4.51. The highest BCUT2D eigenvalue weighted by atomic mass is 32.1. The molecule has 0 spiro atoms. The average Bonchev–Trinajstić information content (AvgIpc) is 2.87. The van der Waals surface area contributed by atoms with Crippen molar-refractivity contribution in [3.8, 4) is 11.5 Å². The minimum absolute atomic E-state index is 0.0723. The molecule has 1 atom stereocenters. The van der Waals surface area contributed by atoms with Gasteiger partial charge in [-0.25, -0.2) is 0 Å². The number of allylic oxidation sites excluding steroid dienone is 1. The summed E-state index contributed by atoms with van der Waals surface area (Å²) in [4.78, 5) is 26.2. The fourth-order valence-corrected chi connectivity index (χ4v) is 5.00. The smallest absolute Gasteiger partial charge is 0.277 e. The maximum atomic E-state index is 13.4. The van der Waals surface area contributed by atoms with Gasteiger partial charge in [-0.15, -0.1) is 12.6 Å². The number of hydrogen-bond acceptors (Lipinski definition) is 6. The van der Waals surface area contributed by atoms with Crippen molar-refractivity contribution in [1.82, 2.24) is 9.58 Å². The molecule has 7 nitrogen and oxygen atoms in total. The van der Waals surface area contributed by atoms with Gasteiger partial charge in [0.1, 0.15) is 19.0 Å². The number of nitrogens with zero attached hydrogens (tertiary/aromatic N) is 3. The first-order valence-corrected chi connectivity index (χ1v) is 11.6. The number of rotatable bonds is 1. The van der Waals surface area contributed by atoms with Crippen LogP contribution in [-0.4, -0.2) is 40.4 Å². The van der Waals surface area contributed by atoms with Gasteiger partial charge in [0.15, 0.2) is 16.3 Å². The molecule has 3 aromatic rings. The van der Waals surface area contributed by atoms with Crippen LogP contribution in [0.4, 0.5) is 0 Å². The van der Waals surface area contributed by atoms with Crippen LogP contribution in [0.2, 0.25) is 0 Å². The summed E-state index contributed by atoms with van der Waals surface area (Å²) in [7, 11) is 0. The van der Waals surface area contributed by atoms with E-state index >= 15 is 0 Å². The van der Waals surface area contributed by atoms with E-state index in [1.165, 1.54) is 12.3 Å². The summed E-state index contributed by atoms with van der Waals surface area (Å²) in [6.07, 6.45) is 7.02. The topological polar surface area (TPSA) is 75.0 Å². The van der Waals surface area contributed by atoms with Crippen molar-refractivity contribution in [2.24, 2.45) is 0 Å².